The Kier molecular flexibility index (Phi) is 2.45. The van der Waals surface area contributed by atoms with Crippen molar-refractivity contribution in [3.8, 4) is 0 Å². The van der Waals surface area contributed by atoms with Crippen LogP contribution in [0.2, 0.25) is 0 Å². The highest BCUT2D eigenvalue weighted by Crippen LogP contribution is 2.23. The van der Waals surface area contributed by atoms with E-state index in [9.17, 15) is 4.79 Å². The largest absolute Gasteiger partial charge is 0.342 e. The molecule has 2 heteroatoms. The third-order valence-electron chi connectivity index (χ3n) is 2.35. The zero-order chi connectivity index (χ0) is 9.35. The predicted molar refractivity (Wildman–Crippen MR) is 49.8 cm³/mol. The first-order valence-electron chi connectivity index (χ1n) is 4.70. The van der Waals surface area contributed by atoms with Crippen LogP contribution in [0.3, 0.4) is 0 Å². The van der Waals surface area contributed by atoms with Crippen molar-refractivity contribution in [2.75, 3.05) is 13.1 Å². The van der Waals surface area contributed by atoms with Crippen LogP contribution in [-0.2, 0) is 4.79 Å². The van der Waals surface area contributed by atoms with Crippen molar-refractivity contribution in [2.24, 2.45) is 11.3 Å². The smallest absolute Gasteiger partial charge is 0.227 e. The molecular formula is C10H19NO. The maximum Gasteiger partial charge on any atom is 0.227 e. The first-order chi connectivity index (χ1) is 5.41. The number of amides is 1. The molecular weight excluding hydrogens is 150 g/mol. The lowest BCUT2D eigenvalue weighted by Gasteiger charge is -2.25. The molecule has 0 aromatic heterocycles. The lowest BCUT2D eigenvalue weighted by molar-refractivity contribution is -0.138. The van der Waals surface area contributed by atoms with E-state index < -0.39 is 0 Å². The minimum absolute atomic E-state index is 0.204. The average molecular weight is 169 g/mol. The van der Waals surface area contributed by atoms with E-state index in [0.717, 1.165) is 13.1 Å². The van der Waals surface area contributed by atoms with Gasteiger partial charge >= 0.3 is 0 Å². The second kappa shape index (κ2) is 3.08. The van der Waals surface area contributed by atoms with E-state index in [0.29, 0.717) is 11.8 Å². The van der Waals surface area contributed by atoms with Crippen molar-refractivity contribution in [1.29, 1.82) is 0 Å². The molecule has 0 aromatic carbocycles. The van der Waals surface area contributed by atoms with Crippen LogP contribution in [0.5, 0.6) is 0 Å². The summed E-state index contributed by atoms with van der Waals surface area (Å²) < 4.78 is 0. The number of rotatable bonds is 0. The van der Waals surface area contributed by atoms with E-state index >= 15 is 0 Å². The van der Waals surface area contributed by atoms with Crippen LogP contribution in [0, 0.1) is 11.3 Å². The molecule has 2 nitrogen and oxygen atoms in total. The summed E-state index contributed by atoms with van der Waals surface area (Å²) in [6.07, 6.45) is 1.17. The molecule has 70 valence electrons. The van der Waals surface area contributed by atoms with Gasteiger partial charge in [0.05, 0.1) is 0 Å². The SMILES string of the molecule is CC1CCN(C(=O)C(C)(C)C)C1. The lowest BCUT2D eigenvalue weighted by Crippen LogP contribution is -2.37. The van der Waals surface area contributed by atoms with Gasteiger partial charge in [0, 0.05) is 18.5 Å². The van der Waals surface area contributed by atoms with Crippen LogP contribution in [-0.4, -0.2) is 23.9 Å². The number of hydrogen-bond donors (Lipinski definition) is 0. The van der Waals surface area contributed by atoms with Gasteiger partial charge in [0.25, 0.3) is 0 Å². The normalized spacial score (nSPS) is 24.7. The fourth-order valence-corrected chi connectivity index (χ4v) is 1.59. The van der Waals surface area contributed by atoms with E-state index in [1.807, 2.05) is 25.7 Å². The van der Waals surface area contributed by atoms with Gasteiger partial charge in [-0.25, -0.2) is 0 Å². The summed E-state index contributed by atoms with van der Waals surface area (Å²) in [5.74, 6) is 0.989. The predicted octanol–water partition coefficient (Wildman–Crippen LogP) is 1.90. The molecule has 0 aliphatic carbocycles. The van der Waals surface area contributed by atoms with Crippen molar-refractivity contribution < 1.29 is 4.79 Å². The Morgan fingerprint density at radius 3 is 2.33 bits per heavy atom. The maximum atomic E-state index is 11.7. The zero-order valence-electron chi connectivity index (χ0n) is 8.55. The maximum absolute atomic E-state index is 11.7. The molecule has 0 aromatic rings. The molecule has 0 bridgehead atoms. The third-order valence-corrected chi connectivity index (χ3v) is 2.35. The van der Waals surface area contributed by atoms with E-state index in [-0.39, 0.29) is 5.41 Å². The second-order valence-corrected chi connectivity index (χ2v) is 4.90. The second-order valence-electron chi connectivity index (χ2n) is 4.90. The Morgan fingerprint density at radius 1 is 1.42 bits per heavy atom. The number of likely N-dealkylation sites (tertiary alicyclic amines) is 1. The van der Waals surface area contributed by atoms with Crippen molar-refractivity contribution in [1.82, 2.24) is 4.90 Å². The molecule has 1 amide bonds. The summed E-state index contributed by atoms with van der Waals surface area (Å²) in [4.78, 5) is 13.7. The lowest BCUT2D eigenvalue weighted by atomic mass is 9.95. The number of carbonyl (C=O) groups is 1. The Morgan fingerprint density at radius 2 is 2.00 bits per heavy atom. The van der Waals surface area contributed by atoms with Crippen LogP contribution in [0.1, 0.15) is 34.1 Å². The summed E-state index contributed by atoms with van der Waals surface area (Å²) in [7, 11) is 0. The van der Waals surface area contributed by atoms with Crippen LogP contribution in [0.25, 0.3) is 0 Å². The van der Waals surface area contributed by atoms with Gasteiger partial charge in [-0.15, -0.1) is 0 Å². The number of nitrogens with zero attached hydrogens (tertiary/aromatic N) is 1. The van der Waals surface area contributed by atoms with Gasteiger partial charge in [0.15, 0.2) is 0 Å². The zero-order valence-corrected chi connectivity index (χ0v) is 8.55. The Hall–Kier alpha value is -0.530. The van der Waals surface area contributed by atoms with Crippen molar-refractivity contribution >= 4 is 5.91 Å². The Labute approximate surface area is 74.9 Å². The highest BCUT2D eigenvalue weighted by molar-refractivity contribution is 5.81. The van der Waals surface area contributed by atoms with Crippen LogP contribution in [0.15, 0.2) is 0 Å². The van der Waals surface area contributed by atoms with Crippen molar-refractivity contribution in [3.63, 3.8) is 0 Å². The van der Waals surface area contributed by atoms with Crippen LogP contribution >= 0.6 is 0 Å². The fraction of sp³-hybridized carbons (Fsp3) is 0.900. The molecule has 1 saturated heterocycles. The van der Waals surface area contributed by atoms with Gasteiger partial charge in [-0.1, -0.05) is 27.7 Å². The minimum atomic E-state index is -0.204. The quantitative estimate of drug-likeness (QED) is 0.542. The third kappa shape index (κ3) is 1.99. The van der Waals surface area contributed by atoms with Gasteiger partial charge in [0.1, 0.15) is 0 Å². The molecule has 12 heavy (non-hydrogen) atoms. The van der Waals surface area contributed by atoms with Crippen LogP contribution < -0.4 is 0 Å². The molecule has 1 unspecified atom stereocenters. The van der Waals surface area contributed by atoms with E-state index in [1.54, 1.807) is 0 Å². The van der Waals surface area contributed by atoms with Gasteiger partial charge in [-0.05, 0) is 12.3 Å². The summed E-state index contributed by atoms with van der Waals surface area (Å²) in [6.45, 7) is 10.1. The summed E-state index contributed by atoms with van der Waals surface area (Å²) >= 11 is 0. The van der Waals surface area contributed by atoms with Gasteiger partial charge in [0.2, 0.25) is 5.91 Å². The molecule has 1 heterocycles. The Bertz CT molecular complexity index is 181. The molecule has 1 rings (SSSR count). The number of hydrogen-bond acceptors (Lipinski definition) is 1. The van der Waals surface area contributed by atoms with E-state index in [1.165, 1.54) is 6.42 Å². The average Bonchev–Trinajstić information content (AvgIpc) is 2.32. The fourth-order valence-electron chi connectivity index (χ4n) is 1.59. The summed E-state index contributed by atoms with van der Waals surface area (Å²) in [6, 6.07) is 0. The molecule has 0 spiro atoms. The Balaban J connectivity index is 2.55. The first-order valence-corrected chi connectivity index (χ1v) is 4.70. The molecule has 0 N–H and O–H groups in total. The van der Waals surface area contributed by atoms with E-state index in [2.05, 4.69) is 6.92 Å². The van der Waals surface area contributed by atoms with Crippen LogP contribution in [0.4, 0.5) is 0 Å². The topological polar surface area (TPSA) is 20.3 Å². The molecule has 0 radical (unpaired) electrons. The van der Waals surface area contributed by atoms with Crippen molar-refractivity contribution in [3.05, 3.63) is 0 Å². The minimum Gasteiger partial charge on any atom is -0.342 e. The highest BCUT2D eigenvalue weighted by atomic mass is 16.2. The standard InChI is InChI=1S/C10H19NO/c1-8-5-6-11(7-8)9(12)10(2,3)4/h8H,5-7H2,1-4H3. The molecule has 1 fully saturated rings. The van der Waals surface area contributed by atoms with Gasteiger partial charge in [-0.3, -0.25) is 4.79 Å². The monoisotopic (exact) mass is 169 g/mol. The van der Waals surface area contributed by atoms with Crippen molar-refractivity contribution in [2.45, 2.75) is 34.1 Å². The summed E-state index contributed by atoms with van der Waals surface area (Å²) in [5.41, 5.74) is -0.204. The van der Waals surface area contributed by atoms with Gasteiger partial charge in [-0.2, -0.15) is 0 Å². The molecule has 1 aliphatic rings. The van der Waals surface area contributed by atoms with Gasteiger partial charge < -0.3 is 4.90 Å². The number of carbonyl (C=O) groups excluding carboxylic acids is 1. The molecule has 1 atom stereocenters. The van der Waals surface area contributed by atoms with E-state index in [4.69, 9.17) is 0 Å². The molecule has 1 aliphatic heterocycles. The highest BCUT2D eigenvalue weighted by Gasteiger charge is 2.30. The summed E-state index contributed by atoms with van der Waals surface area (Å²) in [5, 5.41) is 0. The first kappa shape index (κ1) is 9.56. The molecule has 0 saturated carbocycles.